The summed E-state index contributed by atoms with van der Waals surface area (Å²) in [5.74, 6) is -0.422. The van der Waals surface area contributed by atoms with Crippen LogP contribution in [0.15, 0.2) is 120 Å². The lowest BCUT2D eigenvalue weighted by Gasteiger charge is -2.32. The van der Waals surface area contributed by atoms with E-state index in [-0.39, 0.29) is 39.1 Å². The molecule has 4 aromatic carbocycles. The van der Waals surface area contributed by atoms with Gasteiger partial charge >= 0.3 is 27.1 Å². The van der Waals surface area contributed by atoms with Crippen molar-refractivity contribution in [3.8, 4) is 0 Å². The second-order valence-corrected chi connectivity index (χ2v) is 24.0. The van der Waals surface area contributed by atoms with Crippen molar-refractivity contribution in [2.45, 2.75) is 117 Å². The number of aryl methyl sites for hydroxylation is 2. The summed E-state index contributed by atoms with van der Waals surface area (Å²) in [7, 11) is 4.28. The predicted octanol–water partition coefficient (Wildman–Crippen LogP) is 8.29. The Morgan fingerprint density at radius 1 is 0.564 bits per heavy atom. The summed E-state index contributed by atoms with van der Waals surface area (Å²) in [6.45, 7) is 24.2. The van der Waals surface area contributed by atoms with Gasteiger partial charge in [0, 0.05) is 40.3 Å². The summed E-state index contributed by atoms with van der Waals surface area (Å²) in [5.41, 5.74) is 6.87. The number of nitrogens with one attached hydrogen (secondary N) is 1. The number of nitrogens with zero attached hydrogens (tertiary/aromatic N) is 5. The van der Waals surface area contributed by atoms with Crippen LogP contribution in [0, 0.1) is 0 Å². The van der Waals surface area contributed by atoms with Crippen molar-refractivity contribution in [1.82, 2.24) is 29.1 Å². The van der Waals surface area contributed by atoms with Crippen LogP contribution >= 0.6 is 47.8 Å². The first-order valence-electron chi connectivity index (χ1n) is 24.5. The Hall–Kier alpha value is -5.08. The zero-order chi connectivity index (χ0) is 58.5. The topological polar surface area (TPSA) is 243 Å². The highest BCUT2D eigenvalue weighted by molar-refractivity contribution is 9.11. The average Bonchev–Trinajstić information content (AvgIpc) is 3.86. The van der Waals surface area contributed by atoms with Crippen LogP contribution < -0.4 is 27.9 Å². The smallest absolute Gasteiger partial charge is 0.465 e. The van der Waals surface area contributed by atoms with Crippen molar-refractivity contribution in [1.29, 1.82) is 0 Å². The van der Waals surface area contributed by atoms with E-state index < -0.39 is 38.3 Å². The number of rotatable bonds is 3. The van der Waals surface area contributed by atoms with Crippen molar-refractivity contribution < 1.29 is 42.6 Å². The number of benzene rings is 4. The maximum absolute atomic E-state index is 12.2. The molecule has 0 unspecified atom stereocenters. The zero-order valence-electron chi connectivity index (χ0n) is 46.8. The summed E-state index contributed by atoms with van der Waals surface area (Å²) in [5, 5.41) is 8.82. The van der Waals surface area contributed by atoms with Crippen molar-refractivity contribution >= 4 is 119 Å². The summed E-state index contributed by atoms with van der Waals surface area (Å²) >= 11 is 9.83. The molecule has 78 heavy (non-hydrogen) atoms. The molecule has 3 aliphatic heterocycles. The molecule has 416 valence electrons. The van der Waals surface area contributed by atoms with Gasteiger partial charge in [0.2, 0.25) is 0 Å². The van der Waals surface area contributed by atoms with Crippen molar-refractivity contribution in [3.63, 3.8) is 0 Å². The number of methoxy groups -OCH3 is 1. The maximum Gasteiger partial charge on any atom is 0.494 e. The molecule has 6 heterocycles. The fraction of sp³-hybridized carbons (Fsp3) is 0.415. The van der Waals surface area contributed by atoms with Gasteiger partial charge in [0.15, 0.2) is 0 Å². The third-order valence-electron chi connectivity index (χ3n) is 14.1. The van der Waals surface area contributed by atoms with Crippen LogP contribution in [0.4, 0.5) is 5.69 Å². The number of aliphatic hydroxyl groups is 1. The summed E-state index contributed by atoms with van der Waals surface area (Å²) in [6, 6.07) is 21.5. The molecule has 3 aliphatic rings. The molecule has 3 fully saturated rings. The first-order valence-corrected chi connectivity index (χ1v) is 26.9. The van der Waals surface area contributed by atoms with E-state index in [1.165, 1.54) is 35.2 Å². The average molecular weight is 1270 g/mol. The molecule has 3 aromatic heterocycles. The normalized spacial score (nSPS) is 17.7. The number of ether oxygens (including phenoxy) is 1. The fourth-order valence-electron chi connectivity index (χ4n) is 7.39. The molecule has 4 N–H and O–H groups in total. The summed E-state index contributed by atoms with van der Waals surface area (Å²) in [4.78, 5) is 60.9. The minimum atomic E-state index is -0.476. The molecule has 0 amide bonds. The van der Waals surface area contributed by atoms with Crippen molar-refractivity contribution in [2.24, 2.45) is 14.1 Å². The molecule has 0 radical (unpaired) electrons. The van der Waals surface area contributed by atoms with Crippen LogP contribution in [0.2, 0.25) is 0 Å². The number of hydrogen-bond donors (Lipinski definition) is 3. The van der Waals surface area contributed by atoms with E-state index in [0.29, 0.717) is 38.4 Å². The number of fused-ring (bicyclic) bond motifs is 3. The highest BCUT2D eigenvalue weighted by Gasteiger charge is 2.63. The minimum Gasteiger partial charge on any atom is -0.465 e. The van der Waals surface area contributed by atoms with Gasteiger partial charge in [-0.15, -0.1) is 0 Å². The molecule has 0 atom stereocenters. The van der Waals surface area contributed by atoms with E-state index in [9.17, 15) is 19.2 Å². The van der Waals surface area contributed by atoms with Crippen molar-refractivity contribution in [3.05, 3.63) is 142 Å². The number of aromatic amines is 1. The first-order chi connectivity index (χ1) is 36.2. The molecule has 25 heteroatoms. The Morgan fingerprint density at radius 2 is 0.936 bits per heavy atom. The van der Waals surface area contributed by atoms with Crippen LogP contribution in [0.3, 0.4) is 0 Å². The molecular formula is C53H67B3Br3N7O12. The van der Waals surface area contributed by atoms with E-state index in [1.54, 1.807) is 50.5 Å². The van der Waals surface area contributed by atoms with Gasteiger partial charge in [-0.3, -0.25) is 14.4 Å². The number of nitrogens with two attached hydrogens (primary N) is 1. The van der Waals surface area contributed by atoms with Crippen LogP contribution in [-0.2, 0) is 46.8 Å². The van der Waals surface area contributed by atoms with Crippen LogP contribution in [0.5, 0.6) is 0 Å². The Kier molecular flexibility index (Phi) is 20.6. The van der Waals surface area contributed by atoms with Gasteiger partial charge in [0.1, 0.15) is 0 Å². The van der Waals surface area contributed by atoms with Gasteiger partial charge in [0.25, 0.3) is 16.7 Å². The number of hydrogen-bond acceptors (Lipinski definition) is 16. The second kappa shape index (κ2) is 25.2. The van der Waals surface area contributed by atoms with E-state index in [2.05, 4.69) is 72.5 Å². The number of esters is 1. The standard InChI is InChI=1S/C15H19BN2O3.C12H24B2O4.C9H7BrN2O.C8H5BrN2O.C8H8BrNO2.CH4O/c1-14(2)15(3,4)21-16(20-14)10-6-7-12-11(8-10)13(19)18(5)9-17-12;1-9(2)10(3,4)16-13(15-9)14-17-11(5,6)12(7,8)18-14;1-12-5-11-8-3-2-6(10)4-7(8)9(12)13;9-5-1-2-7-6(3-5)8(12)11-4-10-7;1-12-8(11)6-4-5(9)2-3-7(6)10;1-2/h6-9H,1-5H3;1-8H3;2-5H,1H3;1-4H,(H,10,11,12);2-4H,10H2,1H3;2H,1H3. The van der Waals surface area contributed by atoms with E-state index >= 15 is 0 Å². The van der Waals surface area contributed by atoms with E-state index in [0.717, 1.165) is 31.5 Å². The predicted molar refractivity (Wildman–Crippen MR) is 318 cm³/mol. The van der Waals surface area contributed by atoms with Gasteiger partial charge in [0.05, 0.1) is 98.0 Å². The zero-order valence-corrected chi connectivity index (χ0v) is 51.5. The summed E-state index contributed by atoms with van der Waals surface area (Å²) in [6.07, 6.45) is 4.45. The molecule has 7 aromatic rings. The second-order valence-electron chi connectivity index (χ2n) is 21.2. The molecule has 19 nitrogen and oxygen atoms in total. The number of carbonyl (C=O) groups is 1. The Bertz CT molecular complexity index is 3380. The monoisotopic (exact) mass is 1260 g/mol. The quantitative estimate of drug-likeness (QED) is 0.0856. The molecule has 10 rings (SSSR count). The molecular weight excluding hydrogens is 1200 g/mol. The number of H-pyrrole nitrogens is 1. The van der Waals surface area contributed by atoms with E-state index in [4.69, 9.17) is 38.8 Å². The highest BCUT2D eigenvalue weighted by Crippen LogP contribution is 2.43. The SMILES string of the molecule is CC1(C)OB(B2OC(C)(C)C(C)(C)O2)OC1(C)C.CO.COC(=O)c1cc(Br)ccc1N.Cn1cnc2ccc(B3OC(C)(C)C(C)(C)O3)cc2c1=O.Cn1cnc2ccc(Br)cc2c1=O.O=c1[nH]cnc2ccc(Br)cc12. The maximum atomic E-state index is 12.2. The van der Waals surface area contributed by atoms with Crippen LogP contribution in [0.25, 0.3) is 32.7 Å². The Morgan fingerprint density at radius 3 is 1.38 bits per heavy atom. The lowest BCUT2D eigenvalue weighted by Crippen LogP contribution is -2.41. The lowest BCUT2D eigenvalue weighted by molar-refractivity contribution is 0.00578. The number of halogens is 3. The number of aromatic nitrogens is 6. The Balaban J connectivity index is 0.000000181. The third kappa shape index (κ3) is 14.6. The van der Waals surface area contributed by atoms with Gasteiger partial charge in [-0.1, -0.05) is 53.9 Å². The molecule has 3 saturated heterocycles. The molecule has 0 bridgehead atoms. The number of carbonyl (C=O) groups excluding carboxylic acids is 1. The molecule has 0 spiro atoms. The molecule has 0 saturated carbocycles. The fourth-order valence-corrected chi connectivity index (χ4v) is 8.48. The summed E-state index contributed by atoms with van der Waals surface area (Å²) < 4.78 is 45.9. The van der Waals surface area contributed by atoms with Gasteiger partial charge in [-0.25, -0.2) is 19.7 Å². The van der Waals surface area contributed by atoms with Gasteiger partial charge in [-0.05, 0) is 155 Å². The Labute approximate surface area is 480 Å². The lowest BCUT2D eigenvalue weighted by atomic mass is 9.49. The van der Waals surface area contributed by atoms with E-state index in [1.807, 2.05) is 119 Å². The number of aliphatic hydroxyl groups excluding tert-OH is 1. The van der Waals surface area contributed by atoms with Crippen LogP contribution in [-0.4, -0.2) is 109 Å². The molecule has 0 aliphatic carbocycles. The first kappa shape index (κ1) is 63.8. The van der Waals surface area contributed by atoms with Crippen LogP contribution in [0.1, 0.15) is 93.4 Å². The van der Waals surface area contributed by atoms with Gasteiger partial charge in [-0.2, -0.15) is 0 Å². The van der Waals surface area contributed by atoms with Gasteiger partial charge < -0.3 is 57.6 Å². The number of anilines is 1. The third-order valence-corrected chi connectivity index (χ3v) is 15.6. The minimum absolute atomic E-state index is 0.0219. The van der Waals surface area contributed by atoms with Crippen molar-refractivity contribution in [2.75, 3.05) is 20.0 Å². The largest absolute Gasteiger partial charge is 0.494 e. The number of nitrogen functional groups attached to an aromatic ring is 1. The highest BCUT2D eigenvalue weighted by atomic mass is 79.9.